The third kappa shape index (κ3) is 3.30. The van der Waals surface area contributed by atoms with E-state index in [1.165, 1.54) is 31.0 Å². The highest BCUT2D eigenvalue weighted by Crippen LogP contribution is 2.70. The van der Waals surface area contributed by atoms with Crippen molar-refractivity contribution in [3.05, 3.63) is 58.5 Å². The topological polar surface area (TPSA) is 17.1 Å². The van der Waals surface area contributed by atoms with Crippen molar-refractivity contribution < 1.29 is 4.57 Å². The van der Waals surface area contributed by atoms with Gasteiger partial charge in [0.1, 0.15) is 0 Å². The van der Waals surface area contributed by atoms with E-state index in [1.54, 1.807) is 0 Å². The summed E-state index contributed by atoms with van der Waals surface area (Å²) in [4.78, 5) is 0. The van der Waals surface area contributed by atoms with Crippen molar-refractivity contribution in [3.8, 4) is 0 Å². The molecular formula is C20H27OP. The van der Waals surface area contributed by atoms with Gasteiger partial charge in [0.2, 0.25) is 0 Å². The second-order valence-corrected chi connectivity index (χ2v) is 9.30. The molecule has 0 atom stereocenters. The van der Waals surface area contributed by atoms with Gasteiger partial charge in [0.15, 0.2) is 7.14 Å². The quantitative estimate of drug-likeness (QED) is 0.510. The third-order valence-corrected chi connectivity index (χ3v) is 8.17. The Kier molecular flexibility index (Phi) is 5.37. The molecule has 0 aliphatic heterocycles. The molecule has 3 aliphatic rings. The SMILES string of the molecule is O=P(C1=CCCCC=C1)(C1=CCCCC=C1)C1=CCCCC1. The Labute approximate surface area is 134 Å². The molecule has 118 valence electrons. The van der Waals surface area contributed by atoms with E-state index in [1.807, 2.05) is 0 Å². The van der Waals surface area contributed by atoms with Crippen LogP contribution >= 0.6 is 7.14 Å². The van der Waals surface area contributed by atoms with Gasteiger partial charge in [0, 0.05) is 10.6 Å². The molecule has 0 N–H and O–H groups in total. The minimum atomic E-state index is -2.59. The van der Waals surface area contributed by atoms with Crippen LogP contribution in [0.15, 0.2) is 58.5 Å². The van der Waals surface area contributed by atoms with Gasteiger partial charge in [-0.25, -0.2) is 0 Å². The summed E-state index contributed by atoms with van der Waals surface area (Å²) in [6, 6.07) is 0. The zero-order chi connectivity index (χ0) is 15.3. The maximum absolute atomic E-state index is 14.3. The fourth-order valence-electron chi connectivity index (χ4n) is 3.57. The molecule has 3 rings (SSSR count). The minimum Gasteiger partial charge on any atom is -0.309 e. The number of hydrogen-bond acceptors (Lipinski definition) is 1. The Bertz CT molecular complexity index is 563. The molecule has 0 aromatic carbocycles. The van der Waals surface area contributed by atoms with E-state index in [-0.39, 0.29) is 0 Å². The summed E-state index contributed by atoms with van der Waals surface area (Å²) in [5.74, 6) is 0. The molecule has 0 aromatic rings. The second kappa shape index (κ2) is 7.47. The average molecular weight is 314 g/mol. The highest BCUT2D eigenvalue weighted by atomic mass is 31.2. The summed E-state index contributed by atoms with van der Waals surface area (Å²) in [5, 5.41) is 3.40. The fraction of sp³-hybridized carbons (Fsp3) is 0.500. The van der Waals surface area contributed by atoms with Crippen LogP contribution in [0.25, 0.3) is 0 Å². The second-order valence-electron chi connectivity index (χ2n) is 6.48. The molecule has 1 nitrogen and oxygen atoms in total. The first-order valence-corrected chi connectivity index (χ1v) is 10.6. The molecule has 2 heteroatoms. The van der Waals surface area contributed by atoms with Crippen LogP contribution in [0.5, 0.6) is 0 Å². The summed E-state index contributed by atoms with van der Waals surface area (Å²) in [6.45, 7) is 0. The lowest BCUT2D eigenvalue weighted by Gasteiger charge is -2.26. The van der Waals surface area contributed by atoms with Crippen LogP contribution in [0.2, 0.25) is 0 Å². The lowest BCUT2D eigenvalue weighted by Crippen LogP contribution is -1.98. The highest BCUT2D eigenvalue weighted by Gasteiger charge is 2.34. The first-order valence-electron chi connectivity index (χ1n) is 8.86. The van der Waals surface area contributed by atoms with E-state index < -0.39 is 7.14 Å². The molecule has 3 aliphatic carbocycles. The summed E-state index contributed by atoms with van der Waals surface area (Å²) in [7, 11) is -2.59. The molecule has 22 heavy (non-hydrogen) atoms. The summed E-state index contributed by atoms with van der Waals surface area (Å²) in [6.07, 6.45) is 26.7. The lowest BCUT2D eigenvalue weighted by atomic mass is 10.1. The van der Waals surface area contributed by atoms with Gasteiger partial charge in [0.05, 0.1) is 0 Å². The molecule has 0 aromatic heterocycles. The van der Waals surface area contributed by atoms with Gasteiger partial charge in [-0.05, 0) is 69.5 Å². The molecular weight excluding hydrogens is 287 g/mol. The first-order chi connectivity index (χ1) is 10.8. The van der Waals surface area contributed by atoms with Crippen molar-refractivity contribution >= 4 is 7.14 Å². The van der Waals surface area contributed by atoms with Crippen LogP contribution in [0, 0.1) is 0 Å². The summed E-state index contributed by atoms with van der Waals surface area (Å²) < 4.78 is 14.3. The lowest BCUT2D eigenvalue weighted by molar-refractivity contribution is 0.583. The Morgan fingerprint density at radius 2 is 1.27 bits per heavy atom. The number of hydrogen-bond donors (Lipinski definition) is 0. The molecule has 0 radical (unpaired) electrons. The molecule has 0 spiro atoms. The van der Waals surface area contributed by atoms with Gasteiger partial charge < -0.3 is 4.57 Å². The van der Waals surface area contributed by atoms with E-state index >= 15 is 0 Å². The van der Waals surface area contributed by atoms with Gasteiger partial charge >= 0.3 is 0 Å². The molecule has 0 unspecified atom stereocenters. The van der Waals surface area contributed by atoms with Crippen LogP contribution in [0.1, 0.15) is 64.2 Å². The van der Waals surface area contributed by atoms with Crippen LogP contribution in [-0.4, -0.2) is 0 Å². The monoisotopic (exact) mass is 314 g/mol. The average Bonchev–Trinajstić information content (AvgIpc) is 3.00. The Morgan fingerprint density at radius 1 is 0.682 bits per heavy atom. The predicted octanol–water partition coefficient (Wildman–Crippen LogP) is 7.06. The van der Waals surface area contributed by atoms with E-state index in [0.717, 1.165) is 49.2 Å². The number of rotatable bonds is 3. The molecule has 0 saturated heterocycles. The Balaban J connectivity index is 2.08. The first kappa shape index (κ1) is 15.8. The van der Waals surface area contributed by atoms with Crippen molar-refractivity contribution in [1.29, 1.82) is 0 Å². The van der Waals surface area contributed by atoms with Crippen LogP contribution in [0.4, 0.5) is 0 Å². The normalized spacial score (nSPS) is 23.2. The summed E-state index contributed by atoms with van der Waals surface area (Å²) >= 11 is 0. The maximum atomic E-state index is 14.3. The van der Waals surface area contributed by atoms with Gasteiger partial charge in [-0.15, -0.1) is 0 Å². The zero-order valence-corrected chi connectivity index (χ0v) is 14.4. The molecule has 0 saturated carbocycles. The maximum Gasteiger partial charge on any atom is 0.166 e. The summed E-state index contributed by atoms with van der Waals surface area (Å²) in [5.41, 5.74) is 0. The third-order valence-electron chi connectivity index (χ3n) is 4.83. The van der Waals surface area contributed by atoms with Crippen molar-refractivity contribution in [2.45, 2.75) is 64.2 Å². The van der Waals surface area contributed by atoms with E-state index in [4.69, 9.17) is 0 Å². The smallest absolute Gasteiger partial charge is 0.166 e. The van der Waals surface area contributed by atoms with E-state index in [9.17, 15) is 4.57 Å². The van der Waals surface area contributed by atoms with E-state index in [2.05, 4.69) is 42.5 Å². The Morgan fingerprint density at radius 3 is 1.82 bits per heavy atom. The molecule has 0 amide bonds. The van der Waals surface area contributed by atoms with Gasteiger partial charge in [-0.1, -0.05) is 42.5 Å². The van der Waals surface area contributed by atoms with Crippen molar-refractivity contribution in [2.24, 2.45) is 0 Å². The van der Waals surface area contributed by atoms with E-state index in [0.29, 0.717) is 0 Å². The van der Waals surface area contributed by atoms with Gasteiger partial charge in [0.25, 0.3) is 0 Å². The standard InChI is InChI=1S/C20H27OP/c21-22(20-16-10-5-11-17-20,18-12-6-1-2-7-13-18)19-14-8-3-4-9-15-19/h6,8,12-16H,1-5,7,9-11,17H2. The predicted molar refractivity (Wildman–Crippen MR) is 96.3 cm³/mol. The minimum absolute atomic E-state index is 1.01. The molecule has 0 bridgehead atoms. The fourth-order valence-corrected chi connectivity index (χ4v) is 6.79. The van der Waals surface area contributed by atoms with Crippen LogP contribution in [-0.2, 0) is 4.57 Å². The molecule has 0 heterocycles. The van der Waals surface area contributed by atoms with Crippen molar-refractivity contribution in [3.63, 3.8) is 0 Å². The van der Waals surface area contributed by atoms with Crippen LogP contribution in [0.3, 0.4) is 0 Å². The zero-order valence-electron chi connectivity index (χ0n) is 13.5. The molecule has 0 fully saturated rings. The van der Waals surface area contributed by atoms with Crippen LogP contribution < -0.4 is 0 Å². The highest BCUT2D eigenvalue weighted by molar-refractivity contribution is 7.76. The number of allylic oxidation sites excluding steroid dienone is 10. The van der Waals surface area contributed by atoms with Crippen molar-refractivity contribution in [2.75, 3.05) is 0 Å². The largest absolute Gasteiger partial charge is 0.309 e. The van der Waals surface area contributed by atoms with Gasteiger partial charge in [-0.3, -0.25) is 0 Å². The Hall–Kier alpha value is -1.07. The van der Waals surface area contributed by atoms with Crippen molar-refractivity contribution in [1.82, 2.24) is 0 Å². The van der Waals surface area contributed by atoms with Gasteiger partial charge in [-0.2, -0.15) is 0 Å².